The van der Waals surface area contributed by atoms with Crippen LogP contribution in [0.3, 0.4) is 0 Å². The Hall–Kier alpha value is -2.87. The number of fused-ring (bicyclic) bond motifs is 1. The fourth-order valence-corrected chi connectivity index (χ4v) is 3.24. The predicted octanol–water partition coefficient (Wildman–Crippen LogP) is 1.77. The predicted molar refractivity (Wildman–Crippen MR) is 85.6 cm³/mol. The number of benzene rings is 2. The molecule has 0 radical (unpaired) electrons. The number of para-hydroxylation sites is 1. The average molecular weight is 331 g/mol. The van der Waals surface area contributed by atoms with E-state index >= 15 is 0 Å². The van der Waals surface area contributed by atoms with E-state index in [1.54, 1.807) is 30.3 Å². The zero-order valence-electron chi connectivity index (χ0n) is 11.9. The van der Waals surface area contributed by atoms with Gasteiger partial charge in [-0.3, -0.25) is 14.3 Å². The molecule has 2 aromatic carbocycles. The molecule has 3 rings (SSSR count). The van der Waals surface area contributed by atoms with E-state index in [0.29, 0.717) is 11.4 Å². The van der Waals surface area contributed by atoms with Crippen molar-refractivity contribution in [1.29, 1.82) is 0 Å². The van der Waals surface area contributed by atoms with Gasteiger partial charge in [-0.1, -0.05) is 18.2 Å². The van der Waals surface area contributed by atoms with E-state index in [0.717, 1.165) is 0 Å². The summed E-state index contributed by atoms with van der Waals surface area (Å²) in [5.41, 5.74) is 1.04. The monoisotopic (exact) mass is 331 g/mol. The highest BCUT2D eigenvalue weighted by Gasteiger charge is 2.21. The van der Waals surface area contributed by atoms with E-state index in [9.17, 15) is 18.0 Å². The van der Waals surface area contributed by atoms with Gasteiger partial charge < -0.3 is 10.6 Å². The smallest absolute Gasteiger partial charge is 0.261 e. The number of hydrogen-bond donors (Lipinski definition) is 3. The van der Waals surface area contributed by atoms with Crippen LogP contribution in [0.15, 0.2) is 53.4 Å². The average Bonchev–Trinajstić information content (AvgIpc) is 2.63. The Labute approximate surface area is 132 Å². The molecule has 1 heterocycles. The van der Waals surface area contributed by atoms with Gasteiger partial charge in [0.2, 0.25) is 11.8 Å². The molecule has 0 aromatic heterocycles. The number of hydrogen-bond acceptors (Lipinski definition) is 4. The third-order valence-electron chi connectivity index (χ3n) is 3.20. The van der Waals surface area contributed by atoms with E-state index < -0.39 is 21.8 Å². The fraction of sp³-hybridized carbons (Fsp3) is 0.0667. The normalized spacial score (nSPS) is 14.3. The zero-order valence-corrected chi connectivity index (χ0v) is 12.7. The standard InChI is InChI=1S/C15H13N3O4S/c19-14-9-15(20)17-13-8-11(6-7-12(13)16-14)23(21,22)18-10-4-2-1-3-5-10/h1-8,18H,9H2,(H,16,19)(H,17,20). The van der Waals surface area contributed by atoms with Crippen molar-refractivity contribution in [2.75, 3.05) is 15.4 Å². The molecule has 3 N–H and O–H groups in total. The van der Waals surface area contributed by atoms with Crippen LogP contribution >= 0.6 is 0 Å². The largest absolute Gasteiger partial charge is 0.324 e. The molecule has 0 aliphatic carbocycles. The van der Waals surface area contributed by atoms with Gasteiger partial charge >= 0.3 is 0 Å². The Bertz CT molecular complexity index is 879. The van der Waals surface area contributed by atoms with Gasteiger partial charge in [-0.2, -0.15) is 0 Å². The first-order chi connectivity index (χ1) is 10.9. The molecular formula is C15H13N3O4S. The summed E-state index contributed by atoms with van der Waals surface area (Å²) < 4.78 is 27.3. The summed E-state index contributed by atoms with van der Waals surface area (Å²) >= 11 is 0. The van der Waals surface area contributed by atoms with Crippen molar-refractivity contribution in [3.05, 3.63) is 48.5 Å². The van der Waals surface area contributed by atoms with Crippen LogP contribution in [-0.4, -0.2) is 20.2 Å². The molecule has 23 heavy (non-hydrogen) atoms. The van der Waals surface area contributed by atoms with Crippen LogP contribution in [0.25, 0.3) is 0 Å². The first kappa shape index (κ1) is 15.0. The molecule has 1 aliphatic rings. The summed E-state index contributed by atoms with van der Waals surface area (Å²) in [4.78, 5) is 23.0. The number of nitrogens with one attached hydrogen (secondary N) is 3. The molecule has 0 atom stereocenters. The Morgan fingerprint density at radius 1 is 0.870 bits per heavy atom. The summed E-state index contributed by atoms with van der Waals surface area (Å²) in [6.45, 7) is 0. The van der Waals surface area contributed by atoms with E-state index in [1.807, 2.05) is 0 Å². The van der Waals surface area contributed by atoms with Crippen LogP contribution in [0.2, 0.25) is 0 Å². The van der Waals surface area contributed by atoms with Gasteiger partial charge in [-0.25, -0.2) is 8.42 Å². The molecule has 7 nitrogen and oxygen atoms in total. The Morgan fingerprint density at radius 3 is 2.22 bits per heavy atom. The maximum Gasteiger partial charge on any atom is 0.261 e. The molecule has 8 heteroatoms. The third-order valence-corrected chi connectivity index (χ3v) is 4.58. The maximum atomic E-state index is 12.4. The minimum absolute atomic E-state index is 0.0171. The molecule has 118 valence electrons. The number of carbonyl (C=O) groups excluding carboxylic acids is 2. The summed E-state index contributed by atoms with van der Waals surface area (Å²) in [5, 5.41) is 5.06. The number of rotatable bonds is 3. The van der Waals surface area contributed by atoms with Crippen molar-refractivity contribution in [1.82, 2.24) is 0 Å². The van der Waals surface area contributed by atoms with Gasteiger partial charge in [0.1, 0.15) is 6.42 Å². The van der Waals surface area contributed by atoms with Gasteiger partial charge in [0.25, 0.3) is 10.0 Å². The minimum Gasteiger partial charge on any atom is -0.324 e. The van der Waals surface area contributed by atoms with E-state index in [-0.39, 0.29) is 17.0 Å². The summed E-state index contributed by atoms with van der Waals surface area (Å²) in [7, 11) is -3.80. The molecule has 0 fully saturated rings. The lowest BCUT2D eigenvalue weighted by molar-refractivity contribution is -0.123. The number of sulfonamides is 1. The van der Waals surface area contributed by atoms with Gasteiger partial charge in [0.05, 0.1) is 16.3 Å². The Morgan fingerprint density at radius 2 is 1.52 bits per heavy atom. The zero-order chi connectivity index (χ0) is 16.4. The lowest BCUT2D eigenvalue weighted by Crippen LogP contribution is -2.16. The fourth-order valence-electron chi connectivity index (χ4n) is 2.16. The lowest BCUT2D eigenvalue weighted by Gasteiger charge is -2.11. The SMILES string of the molecule is O=C1CC(=O)Nc2cc(S(=O)(=O)Nc3ccccc3)ccc2N1. The first-order valence-electron chi connectivity index (χ1n) is 6.76. The highest BCUT2D eigenvalue weighted by atomic mass is 32.2. The van der Waals surface area contributed by atoms with Crippen molar-refractivity contribution >= 4 is 38.9 Å². The Kier molecular flexibility index (Phi) is 3.75. The topological polar surface area (TPSA) is 104 Å². The highest BCUT2D eigenvalue weighted by molar-refractivity contribution is 7.92. The number of anilines is 3. The first-order valence-corrected chi connectivity index (χ1v) is 8.24. The quantitative estimate of drug-likeness (QED) is 0.746. The van der Waals surface area contributed by atoms with Gasteiger partial charge in [-0.05, 0) is 30.3 Å². The lowest BCUT2D eigenvalue weighted by atomic mass is 10.2. The molecule has 2 amide bonds. The summed E-state index contributed by atoms with van der Waals surface area (Å²) in [6.07, 6.45) is -0.307. The van der Waals surface area contributed by atoms with Crippen molar-refractivity contribution in [2.24, 2.45) is 0 Å². The number of carbonyl (C=O) groups is 2. The van der Waals surface area contributed by atoms with Crippen molar-refractivity contribution in [3.8, 4) is 0 Å². The van der Waals surface area contributed by atoms with Crippen molar-refractivity contribution in [2.45, 2.75) is 11.3 Å². The summed E-state index contributed by atoms with van der Waals surface area (Å²) in [5.74, 6) is -0.939. The third kappa shape index (κ3) is 3.32. The summed E-state index contributed by atoms with van der Waals surface area (Å²) in [6, 6.07) is 12.6. The molecule has 2 aromatic rings. The molecule has 0 saturated carbocycles. The van der Waals surface area contributed by atoms with Crippen LogP contribution in [-0.2, 0) is 19.6 Å². The van der Waals surface area contributed by atoms with Crippen LogP contribution in [0.1, 0.15) is 6.42 Å². The highest BCUT2D eigenvalue weighted by Crippen LogP contribution is 2.28. The molecule has 0 saturated heterocycles. The second-order valence-electron chi connectivity index (χ2n) is 4.95. The van der Waals surface area contributed by atoms with Gasteiger partial charge in [0.15, 0.2) is 0 Å². The molecule has 0 spiro atoms. The van der Waals surface area contributed by atoms with Crippen molar-refractivity contribution < 1.29 is 18.0 Å². The Balaban J connectivity index is 1.95. The van der Waals surface area contributed by atoms with Crippen LogP contribution in [0, 0.1) is 0 Å². The molecule has 0 unspecified atom stereocenters. The van der Waals surface area contributed by atoms with Gasteiger partial charge in [-0.15, -0.1) is 0 Å². The van der Waals surface area contributed by atoms with Crippen LogP contribution in [0.5, 0.6) is 0 Å². The van der Waals surface area contributed by atoms with Gasteiger partial charge in [0, 0.05) is 5.69 Å². The molecule has 0 bridgehead atoms. The minimum atomic E-state index is -3.80. The number of amides is 2. The molecular weight excluding hydrogens is 318 g/mol. The van der Waals surface area contributed by atoms with E-state index in [1.165, 1.54) is 18.2 Å². The van der Waals surface area contributed by atoms with Crippen molar-refractivity contribution in [3.63, 3.8) is 0 Å². The van der Waals surface area contributed by atoms with E-state index in [2.05, 4.69) is 15.4 Å². The van der Waals surface area contributed by atoms with Crippen LogP contribution < -0.4 is 15.4 Å². The van der Waals surface area contributed by atoms with Crippen LogP contribution in [0.4, 0.5) is 17.1 Å². The second kappa shape index (κ2) is 5.73. The van der Waals surface area contributed by atoms with E-state index in [4.69, 9.17) is 0 Å². The second-order valence-corrected chi connectivity index (χ2v) is 6.63. The maximum absolute atomic E-state index is 12.4. The molecule has 1 aliphatic heterocycles.